The molecule has 21 heavy (non-hydrogen) atoms. The van der Waals surface area contributed by atoms with Crippen LogP contribution < -0.4 is 5.32 Å². The number of likely N-dealkylation sites (N-methyl/N-ethyl adjacent to an activating group) is 1. The summed E-state index contributed by atoms with van der Waals surface area (Å²) in [6.07, 6.45) is 0.970. The van der Waals surface area contributed by atoms with Crippen LogP contribution in [0.2, 0.25) is 0 Å². The molecule has 0 unspecified atom stereocenters. The van der Waals surface area contributed by atoms with E-state index in [1.165, 1.54) is 5.56 Å². The van der Waals surface area contributed by atoms with Crippen molar-refractivity contribution in [1.29, 1.82) is 0 Å². The van der Waals surface area contributed by atoms with E-state index in [-0.39, 0.29) is 25.7 Å². The fourth-order valence-corrected chi connectivity index (χ4v) is 2.13. The zero-order valence-electron chi connectivity index (χ0n) is 13.1. The molecule has 118 valence electrons. The normalized spacial score (nSPS) is 11.7. The van der Waals surface area contributed by atoms with Crippen LogP contribution in [0, 0.1) is 5.41 Å². The van der Waals surface area contributed by atoms with Crippen LogP contribution in [0.3, 0.4) is 0 Å². The van der Waals surface area contributed by atoms with Crippen molar-refractivity contribution in [2.24, 2.45) is 5.41 Å². The highest BCUT2D eigenvalue weighted by atomic mass is 16.3. The van der Waals surface area contributed by atoms with Gasteiger partial charge in [0.2, 0.25) is 5.91 Å². The molecular weight excluding hydrogens is 268 g/mol. The summed E-state index contributed by atoms with van der Waals surface area (Å²) < 4.78 is 0. The molecule has 1 amide bonds. The van der Waals surface area contributed by atoms with E-state index in [2.05, 4.69) is 12.2 Å². The molecule has 0 aliphatic heterocycles. The van der Waals surface area contributed by atoms with Gasteiger partial charge >= 0.3 is 0 Å². The second kappa shape index (κ2) is 8.12. The number of hydrogen-bond donors (Lipinski definition) is 3. The average molecular weight is 294 g/mol. The number of hydrogen-bond acceptors (Lipinski definition) is 4. The van der Waals surface area contributed by atoms with Gasteiger partial charge in [0.1, 0.15) is 0 Å². The molecule has 0 fully saturated rings. The second-order valence-electron chi connectivity index (χ2n) is 5.90. The van der Waals surface area contributed by atoms with Crippen molar-refractivity contribution >= 4 is 11.6 Å². The first-order valence-electron chi connectivity index (χ1n) is 7.21. The maximum atomic E-state index is 12.0. The Morgan fingerprint density at radius 3 is 2.29 bits per heavy atom. The minimum absolute atomic E-state index is 0.111. The highest BCUT2D eigenvalue weighted by Gasteiger charge is 2.25. The molecule has 0 saturated carbocycles. The summed E-state index contributed by atoms with van der Waals surface area (Å²) in [6.45, 7) is 4.29. The Labute approximate surface area is 126 Å². The lowest BCUT2D eigenvalue weighted by Gasteiger charge is -2.29. The Kier molecular flexibility index (Phi) is 6.81. The van der Waals surface area contributed by atoms with Gasteiger partial charge in [0.25, 0.3) is 0 Å². The van der Waals surface area contributed by atoms with Crippen molar-refractivity contribution in [3.63, 3.8) is 0 Å². The molecule has 3 N–H and O–H groups in total. The van der Waals surface area contributed by atoms with Crippen molar-refractivity contribution in [1.82, 2.24) is 4.90 Å². The van der Waals surface area contributed by atoms with Gasteiger partial charge in [-0.2, -0.15) is 0 Å². The van der Waals surface area contributed by atoms with Gasteiger partial charge in [0.15, 0.2) is 0 Å². The third-order valence-corrected chi connectivity index (χ3v) is 3.47. The predicted molar refractivity (Wildman–Crippen MR) is 84.2 cm³/mol. The minimum Gasteiger partial charge on any atom is -0.396 e. The molecule has 1 rings (SSSR count). The zero-order chi connectivity index (χ0) is 15.9. The van der Waals surface area contributed by atoms with E-state index < -0.39 is 5.41 Å². The van der Waals surface area contributed by atoms with Gasteiger partial charge in [-0.3, -0.25) is 9.69 Å². The van der Waals surface area contributed by atoms with Crippen molar-refractivity contribution in [3.8, 4) is 0 Å². The van der Waals surface area contributed by atoms with Crippen molar-refractivity contribution in [3.05, 3.63) is 29.8 Å². The van der Waals surface area contributed by atoms with E-state index in [9.17, 15) is 15.0 Å². The van der Waals surface area contributed by atoms with Crippen molar-refractivity contribution in [2.45, 2.75) is 20.3 Å². The number of aryl methyl sites for hydroxylation is 1. The molecule has 0 aromatic heterocycles. The highest BCUT2D eigenvalue weighted by Crippen LogP contribution is 2.15. The Balaban J connectivity index is 2.48. The standard InChI is InChI=1S/C16H26N2O3/c1-4-13-5-7-14(8-6-13)17-15(21)9-18(3)10-16(2,11-19)12-20/h5-8,19-20H,4,9-12H2,1-3H3,(H,17,21). The number of amides is 1. The number of benzene rings is 1. The molecule has 0 saturated heterocycles. The number of anilines is 1. The van der Waals surface area contributed by atoms with Crippen LogP contribution in [0.5, 0.6) is 0 Å². The average Bonchev–Trinajstić information content (AvgIpc) is 2.47. The van der Waals surface area contributed by atoms with Gasteiger partial charge in [-0.25, -0.2) is 0 Å². The summed E-state index contributed by atoms with van der Waals surface area (Å²) in [5, 5.41) is 21.4. The first kappa shape index (κ1) is 17.6. The van der Waals surface area contributed by atoms with Crippen LogP contribution in [-0.2, 0) is 11.2 Å². The van der Waals surface area contributed by atoms with Crippen LogP contribution in [0.25, 0.3) is 0 Å². The Bertz CT molecular complexity index is 441. The highest BCUT2D eigenvalue weighted by molar-refractivity contribution is 5.92. The van der Waals surface area contributed by atoms with Crippen LogP contribution >= 0.6 is 0 Å². The van der Waals surface area contributed by atoms with Crippen molar-refractivity contribution in [2.75, 3.05) is 38.7 Å². The molecule has 0 aliphatic carbocycles. The van der Waals surface area contributed by atoms with Crippen molar-refractivity contribution < 1.29 is 15.0 Å². The molecular formula is C16H26N2O3. The third-order valence-electron chi connectivity index (χ3n) is 3.47. The van der Waals surface area contributed by atoms with Gasteiger partial charge in [0, 0.05) is 17.6 Å². The Hall–Kier alpha value is -1.43. The lowest BCUT2D eigenvalue weighted by molar-refractivity contribution is -0.117. The van der Waals surface area contributed by atoms with Gasteiger partial charge in [-0.1, -0.05) is 26.0 Å². The number of aliphatic hydroxyl groups excluding tert-OH is 2. The number of carbonyl (C=O) groups is 1. The summed E-state index contributed by atoms with van der Waals surface area (Å²) in [5.41, 5.74) is 1.40. The summed E-state index contributed by atoms with van der Waals surface area (Å²) >= 11 is 0. The van der Waals surface area contributed by atoms with E-state index >= 15 is 0 Å². The summed E-state index contributed by atoms with van der Waals surface area (Å²) in [7, 11) is 1.79. The van der Waals surface area contributed by atoms with E-state index in [1.807, 2.05) is 24.3 Å². The number of nitrogens with zero attached hydrogens (tertiary/aromatic N) is 1. The number of carbonyl (C=O) groups excluding carboxylic acids is 1. The Morgan fingerprint density at radius 2 is 1.81 bits per heavy atom. The lowest BCUT2D eigenvalue weighted by Crippen LogP contribution is -2.41. The number of rotatable bonds is 8. The largest absolute Gasteiger partial charge is 0.396 e. The monoisotopic (exact) mass is 294 g/mol. The SMILES string of the molecule is CCc1ccc(NC(=O)CN(C)CC(C)(CO)CO)cc1. The fourth-order valence-electron chi connectivity index (χ4n) is 2.13. The molecule has 5 nitrogen and oxygen atoms in total. The summed E-state index contributed by atoms with van der Waals surface area (Å²) in [6, 6.07) is 7.77. The van der Waals surface area contributed by atoms with Crippen LogP contribution in [0.4, 0.5) is 5.69 Å². The van der Waals surface area contributed by atoms with Gasteiger partial charge in [0.05, 0.1) is 19.8 Å². The molecule has 0 bridgehead atoms. The van der Waals surface area contributed by atoms with Gasteiger partial charge in [-0.05, 0) is 31.2 Å². The first-order chi connectivity index (χ1) is 9.92. The summed E-state index contributed by atoms with van der Waals surface area (Å²) in [4.78, 5) is 13.8. The number of aliphatic hydroxyl groups is 2. The maximum Gasteiger partial charge on any atom is 0.238 e. The van der Waals surface area contributed by atoms with Crippen LogP contribution in [0.1, 0.15) is 19.4 Å². The maximum absolute atomic E-state index is 12.0. The molecule has 0 spiro atoms. The first-order valence-corrected chi connectivity index (χ1v) is 7.21. The fraction of sp³-hybridized carbons (Fsp3) is 0.562. The van der Waals surface area contributed by atoms with Gasteiger partial charge < -0.3 is 15.5 Å². The summed E-state index contributed by atoms with van der Waals surface area (Å²) in [5.74, 6) is -0.111. The van der Waals surface area contributed by atoms with E-state index in [4.69, 9.17) is 0 Å². The minimum atomic E-state index is -0.599. The molecule has 1 aromatic carbocycles. The van der Waals surface area contributed by atoms with E-state index in [0.717, 1.165) is 12.1 Å². The molecule has 1 aromatic rings. The zero-order valence-corrected chi connectivity index (χ0v) is 13.1. The molecule has 0 radical (unpaired) electrons. The molecule has 0 atom stereocenters. The van der Waals surface area contributed by atoms with E-state index in [0.29, 0.717) is 6.54 Å². The van der Waals surface area contributed by atoms with Gasteiger partial charge in [-0.15, -0.1) is 0 Å². The second-order valence-corrected chi connectivity index (χ2v) is 5.90. The van der Waals surface area contributed by atoms with Crippen LogP contribution in [-0.4, -0.2) is 54.4 Å². The molecule has 5 heteroatoms. The molecule has 0 aliphatic rings. The smallest absolute Gasteiger partial charge is 0.238 e. The lowest BCUT2D eigenvalue weighted by atomic mass is 9.92. The topological polar surface area (TPSA) is 72.8 Å². The Morgan fingerprint density at radius 1 is 1.24 bits per heavy atom. The number of nitrogens with one attached hydrogen (secondary N) is 1. The van der Waals surface area contributed by atoms with Crippen LogP contribution in [0.15, 0.2) is 24.3 Å². The predicted octanol–water partition coefficient (Wildman–Crippen LogP) is 1.11. The quantitative estimate of drug-likeness (QED) is 0.671. The molecule has 0 heterocycles. The van der Waals surface area contributed by atoms with E-state index in [1.54, 1.807) is 18.9 Å². The third kappa shape index (κ3) is 5.83.